The topological polar surface area (TPSA) is 81.8 Å². The third-order valence-corrected chi connectivity index (χ3v) is 7.53. The predicted octanol–water partition coefficient (Wildman–Crippen LogP) is 3.80. The normalized spacial score (nSPS) is 16.8. The zero-order valence-electron chi connectivity index (χ0n) is 17.2. The van der Waals surface area contributed by atoms with Crippen molar-refractivity contribution in [1.82, 2.24) is 19.4 Å². The fourth-order valence-corrected chi connectivity index (χ4v) is 5.88. The van der Waals surface area contributed by atoms with Crippen LogP contribution in [0.2, 0.25) is 0 Å². The van der Waals surface area contributed by atoms with Gasteiger partial charge in [0.25, 0.3) is 11.5 Å². The van der Waals surface area contributed by atoms with E-state index in [9.17, 15) is 9.59 Å². The first kappa shape index (κ1) is 20.3. The summed E-state index contributed by atoms with van der Waals surface area (Å²) in [5.41, 5.74) is 4.17. The van der Waals surface area contributed by atoms with Crippen molar-refractivity contribution >= 4 is 43.4 Å². The van der Waals surface area contributed by atoms with Crippen molar-refractivity contribution in [1.29, 1.82) is 0 Å². The maximum atomic E-state index is 13.3. The first-order chi connectivity index (χ1) is 13.6. The molecule has 3 aromatic rings. The first-order valence-electron chi connectivity index (χ1n) is 9.60. The van der Waals surface area contributed by atoms with Crippen LogP contribution in [-0.4, -0.2) is 25.3 Å². The number of hydrogen-bond donors (Lipinski definition) is 1. The molecule has 1 amide bonds. The quantitative estimate of drug-likeness (QED) is 0.608. The standard InChI is InChI=1S/C20H24BrN5O2S/c1-10-23-18-15(12-7-6-11(20(2,3)4)8-14(12)29-18)19(28)26(10)24-17(27)16-13(21)9-22-25(16)5/h9,11H,6-8H2,1-5H3,(H,24,27). The fourth-order valence-electron chi connectivity index (χ4n) is 4.02. The molecule has 7 nitrogen and oxygen atoms in total. The number of hydrogen-bond acceptors (Lipinski definition) is 5. The van der Waals surface area contributed by atoms with Crippen molar-refractivity contribution in [2.75, 3.05) is 5.43 Å². The van der Waals surface area contributed by atoms with Gasteiger partial charge in [0.05, 0.1) is 16.1 Å². The Morgan fingerprint density at radius 3 is 2.72 bits per heavy atom. The monoisotopic (exact) mass is 477 g/mol. The summed E-state index contributed by atoms with van der Waals surface area (Å²) in [7, 11) is 1.68. The molecule has 1 atom stereocenters. The van der Waals surface area contributed by atoms with Crippen LogP contribution in [0.4, 0.5) is 0 Å². The maximum Gasteiger partial charge on any atom is 0.289 e. The molecule has 0 radical (unpaired) electrons. The molecule has 1 aliphatic carbocycles. The minimum absolute atomic E-state index is 0.217. The van der Waals surface area contributed by atoms with Crippen molar-refractivity contribution in [3.63, 3.8) is 0 Å². The third kappa shape index (κ3) is 3.44. The molecule has 3 heterocycles. The lowest BCUT2D eigenvalue weighted by molar-refractivity contribution is 0.0996. The molecule has 1 aliphatic rings. The average Bonchev–Trinajstić information content (AvgIpc) is 3.16. The molecule has 1 unspecified atom stereocenters. The van der Waals surface area contributed by atoms with Crippen molar-refractivity contribution in [2.45, 2.75) is 47.0 Å². The second kappa shape index (κ2) is 7.05. The van der Waals surface area contributed by atoms with Crippen LogP contribution in [0.3, 0.4) is 0 Å². The molecule has 3 aromatic heterocycles. The maximum absolute atomic E-state index is 13.3. The lowest BCUT2D eigenvalue weighted by Crippen LogP contribution is -2.36. The lowest BCUT2D eigenvalue weighted by atomic mass is 9.72. The predicted molar refractivity (Wildman–Crippen MR) is 118 cm³/mol. The summed E-state index contributed by atoms with van der Waals surface area (Å²) in [6.45, 7) is 8.56. The Balaban J connectivity index is 1.76. The van der Waals surface area contributed by atoms with Crippen LogP contribution in [0, 0.1) is 18.3 Å². The van der Waals surface area contributed by atoms with Crippen LogP contribution in [0.5, 0.6) is 0 Å². The van der Waals surface area contributed by atoms with Crippen LogP contribution >= 0.6 is 27.3 Å². The summed E-state index contributed by atoms with van der Waals surface area (Å²) in [5.74, 6) is 0.633. The molecule has 29 heavy (non-hydrogen) atoms. The van der Waals surface area contributed by atoms with Gasteiger partial charge in [-0.05, 0) is 59.0 Å². The molecule has 4 rings (SSSR count). The van der Waals surface area contributed by atoms with Gasteiger partial charge in [-0.3, -0.25) is 19.7 Å². The summed E-state index contributed by atoms with van der Waals surface area (Å²) < 4.78 is 3.29. The number of nitrogens with zero attached hydrogens (tertiary/aromatic N) is 4. The van der Waals surface area contributed by atoms with Gasteiger partial charge in [0.15, 0.2) is 0 Å². The second-order valence-electron chi connectivity index (χ2n) is 8.69. The van der Waals surface area contributed by atoms with Crippen LogP contribution in [0.15, 0.2) is 15.5 Å². The van der Waals surface area contributed by atoms with E-state index in [1.54, 1.807) is 31.5 Å². The fraction of sp³-hybridized carbons (Fsp3) is 0.500. The van der Waals surface area contributed by atoms with Gasteiger partial charge in [-0.1, -0.05) is 20.8 Å². The molecule has 154 valence electrons. The Bertz CT molecular complexity index is 1160. The summed E-state index contributed by atoms with van der Waals surface area (Å²) in [5, 5.41) is 4.70. The number of aryl methyl sites for hydroxylation is 3. The van der Waals surface area contributed by atoms with Crippen LogP contribution in [-0.2, 0) is 19.9 Å². The number of rotatable bonds is 2. The van der Waals surface area contributed by atoms with E-state index in [-0.39, 0.29) is 11.0 Å². The van der Waals surface area contributed by atoms with Gasteiger partial charge in [-0.2, -0.15) is 5.10 Å². The summed E-state index contributed by atoms with van der Waals surface area (Å²) >= 11 is 4.95. The number of aromatic nitrogens is 4. The Morgan fingerprint density at radius 1 is 1.38 bits per heavy atom. The minimum atomic E-state index is -0.417. The summed E-state index contributed by atoms with van der Waals surface area (Å²) in [4.78, 5) is 32.7. The van der Waals surface area contributed by atoms with E-state index in [1.807, 2.05) is 0 Å². The molecule has 0 saturated heterocycles. The number of carbonyl (C=O) groups excluding carboxylic acids is 1. The van der Waals surface area contributed by atoms with E-state index in [1.165, 1.54) is 14.2 Å². The molecule has 0 aromatic carbocycles. The summed E-state index contributed by atoms with van der Waals surface area (Å²) in [6, 6.07) is 0. The van der Waals surface area contributed by atoms with Crippen molar-refractivity contribution in [2.24, 2.45) is 18.4 Å². The Morgan fingerprint density at radius 2 is 2.10 bits per heavy atom. The molecule has 0 aliphatic heterocycles. The smallest absolute Gasteiger partial charge is 0.267 e. The molecule has 9 heteroatoms. The van der Waals surface area contributed by atoms with Crippen molar-refractivity contribution in [3.05, 3.63) is 43.0 Å². The molecular weight excluding hydrogens is 454 g/mol. The highest BCUT2D eigenvalue weighted by molar-refractivity contribution is 9.10. The van der Waals surface area contributed by atoms with E-state index >= 15 is 0 Å². The van der Waals surface area contributed by atoms with E-state index in [2.05, 4.69) is 52.2 Å². The van der Waals surface area contributed by atoms with Crippen LogP contribution in [0.25, 0.3) is 10.2 Å². The van der Waals surface area contributed by atoms with E-state index < -0.39 is 5.91 Å². The highest BCUT2D eigenvalue weighted by atomic mass is 79.9. The lowest BCUT2D eigenvalue weighted by Gasteiger charge is -2.33. The highest BCUT2D eigenvalue weighted by Crippen LogP contribution is 2.42. The number of carbonyl (C=O) groups is 1. The van der Waals surface area contributed by atoms with Gasteiger partial charge in [0.1, 0.15) is 16.3 Å². The van der Waals surface area contributed by atoms with E-state index in [0.717, 1.165) is 29.7 Å². The third-order valence-electron chi connectivity index (χ3n) is 5.80. The Kier molecular flexibility index (Phi) is 4.93. The zero-order chi connectivity index (χ0) is 21.1. The van der Waals surface area contributed by atoms with Crippen LogP contribution in [0.1, 0.15) is 53.9 Å². The zero-order valence-corrected chi connectivity index (χ0v) is 19.6. The number of thiophene rings is 1. The average molecular weight is 478 g/mol. The van der Waals surface area contributed by atoms with E-state index in [0.29, 0.717) is 27.3 Å². The Hall–Kier alpha value is -2.00. The molecule has 0 saturated carbocycles. The van der Waals surface area contributed by atoms with E-state index in [4.69, 9.17) is 0 Å². The van der Waals surface area contributed by atoms with Gasteiger partial charge in [-0.15, -0.1) is 11.3 Å². The SMILES string of the molecule is Cc1nc2sc3c(c2c(=O)n1NC(=O)c1c(Br)cnn1C)CCC(C(C)(C)C)C3. The molecular formula is C20H24BrN5O2S. The van der Waals surface area contributed by atoms with Crippen molar-refractivity contribution < 1.29 is 4.79 Å². The number of amides is 1. The second-order valence-corrected chi connectivity index (χ2v) is 10.6. The molecule has 0 fully saturated rings. The van der Waals surface area contributed by atoms with Crippen LogP contribution < -0.4 is 11.0 Å². The number of nitrogens with one attached hydrogen (secondary N) is 1. The van der Waals surface area contributed by atoms with Gasteiger partial charge in [0.2, 0.25) is 0 Å². The largest absolute Gasteiger partial charge is 0.289 e. The van der Waals surface area contributed by atoms with Crippen molar-refractivity contribution in [3.8, 4) is 0 Å². The Labute approximate surface area is 181 Å². The highest BCUT2D eigenvalue weighted by Gasteiger charge is 2.32. The summed E-state index contributed by atoms with van der Waals surface area (Å²) in [6.07, 6.45) is 4.46. The first-order valence-corrected chi connectivity index (χ1v) is 11.2. The minimum Gasteiger partial charge on any atom is -0.267 e. The number of halogens is 1. The van der Waals surface area contributed by atoms with Gasteiger partial charge in [-0.25, -0.2) is 9.66 Å². The van der Waals surface area contributed by atoms with Gasteiger partial charge < -0.3 is 0 Å². The van der Waals surface area contributed by atoms with Gasteiger partial charge >= 0.3 is 0 Å². The van der Waals surface area contributed by atoms with Gasteiger partial charge in [0, 0.05) is 11.9 Å². The molecule has 0 spiro atoms. The molecule has 1 N–H and O–H groups in total. The number of fused-ring (bicyclic) bond motifs is 3. The molecule has 0 bridgehead atoms.